The summed E-state index contributed by atoms with van der Waals surface area (Å²) >= 11 is 0. The fourth-order valence-electron chi connectivity index (χ4n) is 1.97. The van der Waals surface area contributed by atoms with Gasteiger partial charge in [0.1, 0.15) is 0 Å². The van der Waals surface area contributed by atoms with Crippen LogP contribution >= 0.6 is 0 Å². The van der Waals surface area contributed by atoms with E-state index in [2.05, 4.69) is 12.2 Å². The smallest absolute Gasteiger partial charge is 0.0622 e. The van der Waals surface area contributed by atoms with Crippen LogP contribution in [0.25, 0.3) is 0 Å². The molecule has 1 aliphatic carbocycles. The number of hydrogen-bond acceptors (Lipinski definition) is 2. The second-order valence-corrected chi connectivity index (χ2v) is 4.72. The van der Waals surface area contributed by atoms with Gasteiger partial charge in [-0.2, -0.15) is 0 Å². The third-order valence-corrected chi connectivity index (χ3v) is 3.25. The fraction of sp³-hybridized carbons (Fsp3) is 1.00. The first-order valence-corrected chi connectivity index (χ1v) is 6.63. The van der Waals surface area contributed by atoms with E-state index in [0.29, 0.717) is 6.04 Å². The van der Waals surface area contributed by atoms with Crippen LogP contribution < -0.4 is 5.32 Å². The van der Waals surface area contributed by atoms with E-state index in [1.165, 1.54) is 44.9 Å². The highest BCUT2D eigenvalue weighted by molar-refractivity contribution is 4.85. The summed E-state index contributed by atoms with van der Waals surface area (Å²) in [5, 5.41) is 3.35. The first kappa shape index (κ1) is 13.0. The summed E-state index contributed by atoms with van der Waals surface area (Å²) in [6.07, 6.45) is 9.43. The van der Waals surface area contributed by atoms with Crippen LogP contribution in [0, 0.1) is 5.92 Å². The van der Waals surface area contributed by atoms with Crippen molar-refractivity contribution < 1.29 is 4.74 Å². The molecule has 1 unspecified atom stereocenters. The molecular formula is C13H27NO. The van der Waals surface area contributed by atoms with Crippen molar-refractivity contribution in [3.05, 3.63) is 0 Å². The van der Waals surface area contributed by atoms with E-state index < -0.39 is 0 Å². The molecule has 1 saturated carbocycles. The van der Waals surface area contributed by atoms with Gasteiger partial charge >= 0.3 is 0 Å². The molecule has 1 atom stereocenters. The van der Waals surface area contributed by atoms with Crippen LogP contribution in [0.15, 0.2) is 0 Å². The van der Waals surface area contributed by atoms with Crippen LogP contribution in [0.5, 0.6) is 0 Å². The van der Waals surface area contributed by atoms with Gasteiger partial charge in [0.05, 0.1) is 6.61 Å². The molecule has 0 saturated heterocycles. The first-order valence-electron chi connectivity index (χ1n) is 6.63. The Balaban J connectivity index is 1.83. The molecule has 1 fully saturated rings. The van der Waals surface area contributed by atoms with Crippen molar-refractivity contribution in [2.75, 3.05) is 20.3 Å². The minimum absolute atomic E-state index is 0.612. The summed E-state index contributed by atoms with van der Waals surface area (Å²) in [5.41, 5.74) is 0. The van der Waals surface area contributed by atoms with Gasteiger partial charge in [0.25, 0.3) is 0 Å². The number of nitrogens with one attached hydrogen (secondary N) is 1. The summed E-state index contributed by atoms with van der Waals surface area (Å²) in [7, 11) is 2.05. The average Bonchev–Trinajstić information content (AvgIpc) is 3.06. The Morgan fingerprint density at radius 2 is 1.93 bits per heavy atom. The number of likely N-dealkylation sites (N-methyl/N-ethyl adjacent to an activating group) is 1. The minimum atomic E-state index is 0.612. The van der Waals surface area contributed by atoms with Gasteiger partial charge in [0, 0.05) is 12.6 Å². The van der Waals surface area contributed by atoms with Gasteiger partial charge in [-0.25, -0.2) is 0 Å². The molecule has 0 aromatic heterocycles. The molecular weight excluding hydrogens is 186 g/mol. The second-order valence-electron chi connectivity index (χ2n) is 4.72. The average molecular weight is 213 g/mol. The molecule has 2 nitrogen and oxygen atoms in total. The number of ether oxygens (including phenoxy) is 1. The zero-order valence-corrected chi connectivity index (χ0v) is 10.4. The van der Waals surface area contributed by atoms with Gasteiger partial charge in [-0.3, -0.25) is 0 Å². The largest absolute Gasteiger partial charge is 0.380 e. The molecule has 0 spiro atoms. The molecule has 0 amide bonds. The standard InChI is InChI=1S/C13H27NO/c1-3-4-5-6-7-10-15-11-13(14-2)12-8-9-12/h12-14H,3-11H2,1-2H3. The van der Waals surface area contributed by atoms with Gasteiger partial charge in [0.15, 0.2) is 0 Å². The number of rotatable bonds is 10. The Kier molecular flexibility index (Phi) is 7.03. The Hall–Kier alpha value is -0.0800. The normalized spacial score (nSPS) is 18.0. The topological polar surface area (TPSA) is 21.3 Å². The molecule has 0 heterocycles. The summed E-state index contributed by atoms with van der Waals surface area (Å²) in [4.78, 5) is 0. The lowest BCUT2D eigenvalue weighted by Gasteiger charge is -2.15. The van der Waals surface area contributed by atoms with E-state index in [-0.39, 0.29) is 0 Å². The van der Waals surface area contributed by atoms with Crippen LogP contribution in [0.1, 0.15) is 51.9 Å². The van der Waals surface area contributed by atoms with Crippen LogP contribution in [-0.2, 0) is 4.74 Å². The molecule has 90 valence electrons. The van der Waals surface area contributed by atoms with Crippen LogP contribution in [0.4, 0.5) is 0 Å². The molecule has 1 rings (SSSR count). The molecule has 2 heteroatoms. The molecule has 0 radical (unpaired) electrons. The molecule has 15 heavy (non-hydrogen) atoms. The Morgan fingerprint density at radius 1 is 1.20 bits per heavy atom. The van der Waals surface area contributed by atoms with E-state index in [1.54, 1.807) is 0 Å². The summed E-state index contributed by atoms with van der Waals surface area (Å²) in [5.74, 6) is 0.898. The maximum absolute atomic E-state index is 5.71. The Labute approximate surface area is 94.8 Å². The minimum Gasteiger partial charge on any atom is -0.380 e. The second kappa shape index (κ2) is 8.12. The molecule has 0 aliphatic heterocycles. The van der Waals surface area contributed by atoms with E-state index in [9.17, 15) is 0 Å². The van der Waals surface area contributed by atoms with Crippen molar-refractivity contribution in [2.24, 2.45) is 5.92 Å². The lowest BCUT2D eigenvalue weighted by Crippen LogP contribution is -2.32. The Bertz CT molecular complexity index is 145. The van der Waals surface area contributed by atoms with Crippen molar-refractivity contribution in [1.82, 2.24) is 5.32 Å². The summed E-state index contributed by atoms with van der Waals surface area (Å²) in [6.45, 7) is 4.12. The van der Waals surface area contributed by atoms with Crippen LogP contribution in [-0.4, -0.2) is 26.3 Å². The zero-order chi connectivity index (χ0) is 10.9. The van der Waals surface area contributed by atoms with E-state index in [4.69, 9.17) is 4.74 Å². The highest BCUT2D eigenvalue weighted by atomic mass is 16.5. The lowest BCUT2D eigenvalue weighted by molar-refractivity contribution is 0.104. The van der Waals surface area contributed by atoms with Crippen molar-refractivity contribution in [2.45, 2.75) is 57.9 Å². The summed E-state index contributed by atoms with van der Waals surface area (Å²) in [6, 6.07) is 0.612. The highest BCUT2D eigenvalue weighted by Crippen LogP contribution is 2.32. The van der Waals surface area contributed by atoms with Crippen LogP contribution in [0.2, 0.25) is 0 Å². The van der Waals surface area contributed by atoms with Gasteiger partial charge in [-0.15, -0.1) is 0 Å². The van der Waals surface area contributed by atoms with Gasteiger partial charge in [-0.1, -0.05) is 32.6 Å². The molecule has 1 N–H and O–H groups in total. The van der Waals surface area contributed by atoms with Gasteiger partial charge in [-0.05, 0) is 32.2 Å². The molecule has 0 aromatic rings. The fourth-order valence-corrected chi connectivity index (χ4v) is 1.97. The highest BCUT2D eigenvalue weighted by Gasteiger charge is 2.29. The molecule has 1 aliphatic rings. The lowest BCUT2D eigenvalue weighted by atomic mass is 10.2. The molecule has 0 bridgehead atoms. The maximum atomic E-state index is 5.71. The van der Waals surface area contributed by atoms with E-state index in [0.717, 1.165) is 19.1 Å². The Morgan fingerprint density at radius 3 is 2.53 bits per heavy atom. The third-order valence-electron chi connectivity index (χ3n) is 3.25. The van der Waals surface area contributed by atoms with Crippen molar-refractivity contribution >= 4 is 0 Å². The third kappa shape index (κ3) is 6.16. The maximum Gasteiger partial charge on any atom is 0.0622 e. The van der Waals surface area contributed by atoms with Crippen LogP contribution in [0.3, 0.4) is 0 Å². The SMILES string of the molecule is CCCCCCCOCC(NC)C1CC1. The van der Waals surface area contributed by atoms with E-state index in [1.807, 2.05) is 7.05 Å². The predicted octanol–water partition coefficient (Wildman–Crippen LogP) is 2.97. The van der Waals surface area contributed by atoms with E-state index >= 15 is 0 Å². The quantitative estimate of drug-likeness (QED) is 0.563. The molecule has 0 aromatic carbocycles. The predicted molar refractivity (Wildman–Crippen MR) is 65.1 cm³/mol. The zero-order valence-electron chi connectivity index (χ0n) is 10.4. The number of unbranched alkanes of at least 4 members (excludes halogenated alkanes) is 4. The van der Waals surface area contributed by atoms with Gasteiger partial charge < -0.3 is 10.1 Å². The van der Waals surface area contributed by atoms with Gasteiger partial charge in [0.2, 0.25) is 0 Å². The van der Waals surface area contributed by atoms with Crippen molar-refractivity contribution in [1.29, 1.82) is 0 Å². The van der Waals surface area contributed by atoms with Crippen molar-refractivity contribution in [3.8, 4) is 0 Å². The van der Waals surface area contributed by atoms with Crippen molar-refractivity contribution in [3.63, 3.8) is 0 Å². The number of hydrogen-bond donors (Lipinski definition) is 1. The first-order chi connectivity index (χ1) is 7.38. The monoisotopic (exact) mass is 213 g/mol. The summed E-state index contributed by atoms with van der Waals surface area (Å²) < 4.78 is 5.71.